The van der Waals surface area contributed by atoms with Gasteiger partial charge in [0.05, 0.1) is 5.56 Å². The summed E-state index contributed by atoms with van der Waals surface area (Å²) >= 11 is 0. The molecule has 0 amide bonds. The Morgan fingerprint density at radius 2 is 1.88 bits per heavy atom. The Labute approximate surface area is 137 Å². The maximum absolute atomic E-state index is 12.8. The number of azide groups is 1. The summed E-state index contributed by atoms with van der Waals surface area (Å²) in [6.07, 6.45) is -1.85. The van der Waals surface area contributed by atoms with Crippen LogP contribution in [0.5, 0.6) is 5.75 Å². The van der Waals surface area contributed by atoms with Crippen LogP contribution in [-0.2, 0) is 0 Å². The summed E-state index contributed by atoms with van der Waals surface area (Å²) < 4.78 is 5.47. The number of fused-ring (bicyclic) bond motifs is 1. The summed E-state index contributed by atoms with van der Waals surface area (Å²) in [5.74, 6) is -1.02. The van der Waals surface area contributed by atoms with Gasteiger partial charge in [-0.05, 0) is 17.7 Å². The maximum Gasteiger partial charge on any atom is 0.192 e. The number of carbonyl (C=O) groups excluding carboxylic acids is 2. The number of ketones is 2. The molecule has 7 heteroatoms. The van der Waals surface area contributed by atoms with E-state index in [2.05, 4.69) is 10.0 Å². The van der Waals surface area contributed by atoms with Crippen LogP contribution in [0.1, 0.15) is 20.7 Å². The normalized spacial score (nSPS) is 20.3. The zero-order valence-corrected chi connectivity index (χ0v) is 12.5. The zero-order valence-electron chi connectivity index (χ0n) is 12.5. The maximum atomic E-state index is 12.8. The Bertz CT molecular complexity index is 846. The lowest BCUT2D eigenvalue weighted by Crippen LogP contribution is -2.57. The molecule has 0 spiro atoms. The van der Waals surface area contributed by atoms with Gasteiger partial charge in [0.25, 0.3) is 0 Å². The number of nitrogens with zero attached hydrogens (tertiary/aromatic N) is 3. The molecule has 1 aliphatic rings. The van der Waals surface area contributed by atoms with E-state index >= 15 is 0 Å². The fourth-order valence-corrected chi connectivity index (χ4v) is 2.66. The van der Waals surface area contributed by atoms with Crippen molar-refractivity contribution in [3.63, 3.8) is 0 Å². The smallest absolute Gasteiger partial charge is 0.192 e. The number of hydrogen-bond acceptors (Lipinski definition) is 5. The van der Waals surface area contributed by atoms with Crippen molar-refractivity contribution >= 4 is 11.6 Å². The van der Waals surface area contributed by atoms with E-state index in [9.17, 15) is 14.7 Å². The van der Waals surface area contributed by atoms with E-state index < -0.39 is 29.8 Å². The van der Waals surface area contributed by atoms with Crippen molar-refractivity contribution in [1.29, 1.82) is 0 Å². The highest BCUT2D eigenvalue weighted by Crippen LogP contribution is 2.34. The Balaban J connectivity index is 2.06. The number of Topliss-reactive ketones (excluding diaryl/α,β-unsaturated/α-hetero) is 2. The molecule has 2 aromatic carbocycles. The van der Waals surface area contributed by atoms with E-state index in [1.807, 2.05) is 0 Å². The molecule has 24 heavy (non-hydrogen) atoms. The molecule has 1 aliphatic heterocycles. The molecule has 2 aromatic rings. The van der Waals surface area contributed by atoms with Crippen LogP contribution in [0.15, 0.2) is 59.7 Å². The first-order chi connectivity index (χ1) is 11.6. The molecular formula is C17H13N3O4. The third-order valence-electron chi connectivity index (χ3n) is 3.95. The molecule has 1 heterocycles. The van der Waals surface area contributed by atoms with Gasteiger partial charge in [-0.3, -0.25) is 9.59 Å². The SMILES string of the molecule is [N-]=[N+]=N[C@@]1([C@@H](O)C(=O)c2ccccc2)COc2ccccc2C1=O. The van der Waals surface area contributed by atoms with Gasteiger partial charge in [0.15, 0.2) is 17.1 Å². The fourth-order valence-electron chi connectivity index (χ4n) is 2.66. The van der Waals surface area contributed by atoms with Crippen molar-refractivity contribution in [3.05, 3.63) is 76.2 Å². The predicted octanol–water partition coefficient (Wildman–Crippen LogP) is 2.55. The topological polar surface area (TPSA) is 112 Å². The van der Waals surface area contributed by atoms with E-state index in [1.165, 1.54) is 18.2 Å². The van der Waals surface area contributed by atoms with Crippen LogP contribution in [-0.4, -0.2) is 34.9 Å². The van der Waals surface area contributed by atoms with Gasteiger partial charge >= 0.3 is 0 Å². The van der Waals surface area contributed by atoms with Crippen LogP contribution in [0.25, 0.3) is 10.4 Å². The highest BCUT2D eigenvalue weighted by molar-refractivity contribution is 6.12. The van der Waals surface area contributed by atoms with Crippen LogP contribution in [0.2, 0.25) is 0 Å². The number of para-hydroxylation sites is 1. The number of ether oxygens (including phenoxy) is 1. The first-order valence-corrected chi connectivity index (χ1v) is 7.20. The van der Waals surface area contributed by atoms with Crippen LogP contribution in [0, 0.1) is 0 Å². The number of aliphatic hydroxyl groups excluding tert-OH is 1. The minimum Gasteiger partial charge on any atom is -0.492 e. The highest BCUT2D eigenvalue weighted by Gasteiger charge is 2.52. The zero-order chi connectivity index (χ0) is 17.2. The molecule has 2 atom stereocenters. The third-order valence-corrected chi connectivity index (χ3v) is 3.95. The number of hydrogen-bond donors (Lipinski definition) is 1. The summed E-state index contributed by atoms with van der Waals surface area (Å²) in [5, 5.41) is 14.0. The van der Waals surface area contributed by atoms with Crippen molar-refractivity contribution in [2.75, 3.05) is 6.61 Å². The molecule has 0 aromatic heterocycles. The van der Waals surface area contributed by atoms with Gasteiger partial charge in [-0.25, -0.2) is 0 Å². The first kappa shape index (κ1) is 15.7. The van der Waals surface area contributed by atoms with Gasteiger partial charge in [0.1, 0.15) is 18.5 Å². The second kappa shape index (κ2) is 6.16. The molecule has 0 radical (unpaired) electrons. The first-order valence-electron chi connectivity index (χ1n) is 7.20. The summed E-state index contributed by atoms with van der Waals surface area (Å²) in [5.41, 5.74) is 7.22. The monoisotopic (exact) mass is 323 g/mol. The van der Waals surface area contributed by atoms with E-state index in [4.69, 9.17) is 10.3 Å². The Hall–Kier alpha value is -3.15. The number of carbonyl (C=O) groups is 2. The lowest BCUT2D eigenvalue weighted by Gasteiger charge is -2.35. The van der Waals surface area contributed by atoms with E-state index in [1.54, 1.807) is 36.4 Å². The van der Waals surface area contributed by atoms with Crippen LogP contribution in [0.4, 0.5) is 0 Å². The number of aliphatic hydroxyl groups is 1. The van der Waals surface area contributed by atoms with Gasteiger partial charge in [-0.1, -0.05) is 47.6 Å². The van der Waals surface area contributed by atoms with Crippen molar-refractivity contribution in [2.24, 2.45) is 5.11 Å². The van der Waals surface area contributed by atoms with Crippen LogP contribution in [0.3, 0.4) is 0 Å². The second-order valence-electron chi connectivity index (χ2n) is 5.36. The summed E-state index contributed by atoms with van der Waals surface area (Å²) in [6.45, 7) is -0.410. The largest absolute Gasteiger partial charge is 0.492 e. The van der Waals surface area contributed by atoms with Crippen LogP contribution >= 0.6 is 0 Å². The van der Waals surface area contributed by atoms with E-state index in [0.29, 0.717) is 5.75 Å². The van der Waals surface area contributed by atoms with E-state index in [-0.39, 0.29) is 11.1 Å². The molecule has 0 saturated carbocycles. The standard InChI is InChI=1S/C17H13N3O4/c18-20-19-17(16(23)14(21)11-6-2-1-3-7-11)10-24-13-9-5-4-8-12(13)15(17)22/h1-9,16,23H,10H2/t16-,17-/m0/s1. The lowest BCUT2D eigenvalue weighted by molar-refractivity contribution is 0.0311. The average molecular weight is 323 g/mol. The molecule has 1 N–H and O–H groups in total. The van der Waals surface area contributed by atoms with E-state index in [0.717, 1.165) is 0 Å². The van der Waals surface area contributed by atoms with Crippen molar-refractivity contribution in [1.82, 2.24) is 0 Å². The average Bonchev–Trinajstić information content (AvgIpc) is 2.64. The van der Waals surface area contributed by atoms with Crippen molar-refractivity contribution in [3.8, 4) is 5.75 Å². The highest BCUT2D eigenvalue weighted by atomic mass is 16.5. The number of rotatable bonds is 4. The summed E-state index contributed by atoms with van der Waals surface area (Å²) in [7, 11) is 0. The molecule has 0 aliphatic carbocycles. The predicted molar refractivity (Wildman–Crippen MR) is 84.9 cm³/mol. The van der Waals surface area contributed by atoms with Gasteiger partial charge in [-0.15, -0.1) is 0 Å². The summed E-state index contributed by atoms with van der Waals surface area (Å²) in [6, 6.07) is 14.4. The van der Waals surface area contributed by atoms with Crippen LogP contribution < -0.4 is 4.74 Å². The quantitative estimate of drug-likeness (QED) is 0.403. The fraction of sp³-hybridized carbons (Fsp3) is 0.176. The lowest BCUT2D eigenvalue weighted by atomic mass is 9.80. The third kappa shape index (κ3) is 2.42. The van der Waals surface area contributed by atoms with Gasteiger partial charge < -0.3 is 9.84 Å². The van der Waals surface area contributed by atoms with Crippen molar-refractivity contribution in [2.45, 2.75) is 11.6 Å². The molecule has 120 valence electrons. The molecule has 0 unspecified atom stereocenters. The Kier molecular flexibility index (Phi) is 4.04. The molecule has 7 nitrogen and oxygen atoms in total. The number of benzene rings is 2. The van der Waals surface area contributed by atoms with Gasteiger partial charge in [0.2, 0.25) is 0 Å². The van der Waals surface area contributed by atoms with Gasteiger partial charge in [-0.2, -0.15) is 0 Å². The minimum absolute atomic E-state index is 0.163. The molecule has 0 bridgehead atoms. The summed E-state index contributed by atoms with van der Waals surface area (Å²) in [4.78, 5) is 28.1. The molecule has 3 rings (SSSR count). The van der Waals surface area contributed by atoms with Crippen molar-refractivity contribution < 1.29 is 19.4 Å². The molecular weight excluding hydrogens is 310 g/mol. The molecule has 0 fully saturated rings. The Morgan fingerprint density at radius 1 is 1.21 bits per heavy atom. The van der Waals surface area contributed by atoms with Gasteiger partial charge in [0, 0.05) is 10.5 Å². The second-order valence-corrected chi connectivity index (χ2v) is 5.36. The molecule has 0 saturated heterocycles. The minimum atomic E-state index is -2.03. The Morgan fingerprint density at radius 3 is 2.58 bits per heavy atom.